The van der Waals surface area contributed by atoms with Gasteiger partial charge in [-0.2, -0.15) is 0 Å². The monoisotopic (exact) mass is 180 g/mol. The number of hydrogen-bond donors (Lipinski definition) is 0. The fourth-order valence-electron chi connectivity index (χ4n) is 0. The Kier molecular flexibility index (Phi) is 42.9. The van der Waals surface area contributed by atoms with Crippen LogP contribution in [0.25, 0.3) is 0 Å². The third-order valence-corrected chi connectivity index (χ3v) is 0. The summed E-state index contributed by atoms with van der Waals surface area (Å²) in [6.45, 7) is 0. The summed E-state index contributed by atoms with van der Waals surface area (Å²) in [4.78, 5) is 0. The van der Waals surface area contributed by atoms with Crippen LogP contribution in [0, 0.1) is 0 Å². The molecule has 0 rings (SSSR count). The van der Waals surface area contributed by atoms with Crippen molar-refractivity contribution in [3.8, 4) is 0 Å². The summed E-state index contributed by atoms with van der Waals surface area (Å²) in [6.07, 6.45) is 0. The Morgan fingerprint density at radius 1 is 1.40 bits per heavy atom. The van der Waals surface area contributed by atoms with Crippen LogP contribution >= 0.6 is 0 Å². The first-order chi connectivity index (χ1) is 2.41. The average Bonchev–Trinajstić information content (AvgIpc) is 1.46. The summed E-state index contributed by atoms with van der Waals surface area (Å²) in [6, 6.07) is 0. The Bertz CT molecular complexity index is 10.9. The van der Waals surface area contributed by atoms with Gasteiger partial charge in [-0.15, -0.1) is 7.69 Å². The Labute approximate surface area is 43.8 Å². The van der Waals surface area contributed by atoms with Gasteiger partial charge in [0.1, 0.15) is 0 Å². The number of hydrogen-bond acceptors (Lipinski definition) is 3. The van der Waals surface area contributed by atoms with Crippen LogP contribution in [-0.4, -0.2) is 30.2 Å². The van der Waals surface area contributed by atoms with Crippen molar-refractivity contribution < 1.29 is 13.1 Å². The van der Waals surface area contributed by atoms with Crippen LogP contribution in [0.15, 0.2) is 0 Å². The van der Waals surface area contributed by atoms with Gasteiger partial charge in [-0.05, 0) is 0 Å². The van der Waals surface area contributed by atoms with Crippen LogP contribution in [0.2, 0.25) is 0 Å². The van der Waals surface area contributed by atoms with E-state index in [4.69, 9.17) is 13.1 Å². The zero-order valence-corrected chi connectivity index (χ0v) is 5.29. The van der Waals surface area contributed by atoms with Crippen LogP contribution < -0.4 is 10.0 Å². The third kappa shape index (κ3) is 89.8. The summed E-state index contributed by atoms with van der Waals surface area (Å²) < 4.78 is 8.34. The van der Waals surface area contributed by atoms with Gasteiger partial charge in [0.15, 0.2) is 0 Å². The van der Waals surface area contributed by atoms with Gasteiger partial charge in [0, 0.05) is 0 Å². The SMILES string of the molecule is [O-]B[O-].[O]=[Sn+2]. The van der Waals surface area contributed by atoms with Crippen LogP contribution in [0.4, 0.5) is 0 Å². The molecule has 0 unspecified atom stereocenters. The van der Waals surface area contributed by atoms with E-state index in [1.54, 1.807) is 0 Å². The Morgan fingerprint density at radius 3 is 1.40 bits per heavy atom. The molecule has 0 saturated heterocycles. The molecule has 0 aliphatic heterocycles. The van der Waals surface area contributed by atoms with E-state index < -0.39 is 7.69 Å². The molecule has 5 heavy (non-hydrogen) atoms. The Hall–Kier alpha value is 0.584. The van der Waals surface area contributed by atoms with Crippen LogP contribution in [0.5, 0.6) is 0 Å². The zero-order chi connectivity index (χ0) is 4.71. The molecule has 3 nitrogen and oxygen atoms in total. The average molecular weight is 179 g/mol. The fourth-order valence-corrected chi connectivity index (χ4v) is 0. The summed E-state index contributed by atoms with van der Waals surface area (Å²) in [5.74, 6) is 0. The van der Waals surface area contributed by atoms with Gasteiger partial charge in [-0.25, -0.2) is 0 Å². The number of rotatable bonds is 0. The van der Waals surface area contributed by atoms with E-state index in [0.717, 1.165) is 0 Å². The predicted molar refractivity (Wildman–Crippen MR) is 13.6 cm³/mol. The van der Waals surface area contributed by atoms with E-state index in [0.29, 0.717) is 22.5 Å². The first kappa shape index (κ1) is 9.13. The second-order valence-electron chi connectivity index (χ2n) is 0.118. The maximum atomic E-state index is 8.38. The minimum absolute atomic E-state index is 0.300. The Balaban J connectivity index is 0. The second-order valence-corrected chi connectivity index (χ2v) is 0.118. The quantitative estimate of drug-likeness (QED) is 0.361. The molecule has 0 fully saturated rings. The molecule has 0 atom stereocenters. The van der Waals surface area contributed by atoms with E-state index in [1.807, 2.05) is 0 Å². The minimum atomic E-state index is -1.25. The molecule has 0 aliphatic rings. The molecule has 5 heteroatoms. The molecule has 0 bridgehead atoms. The Morgan fingerprint density at radius 2 is 1.40 bits per heavy atom. The van der Waals surface area contributed by atoms with Crippen LogP contribution in [0.1, 0.15) is 0 Å². The molecule has 0 aromatic heterocycles. The molecule has 0 aromatic carbocycles. The van der Waals surface area contributed by atoms with Crippen LogP contribution in [0.3, 0.4) is 0 Å². The molecule has 0 spiro atoms. The first-order valence-electron chi connectivity index (χ1n) is 0.781. The van der Waals surface area contributed by atoms with E-state index >= 15 is 0 Å². The van der Waals surface area contributed by atoms with Gasteiger partial charge in [0.25, 0.3) is 0 Å². The molecular weight excluding hydrogens is 178 g/mol. The van der Waals surface area contributed by atoms with Gasteiger partial charge in [0.05, 0.1) is 0 Å². The molecule has 0 heterocycles. The van der Waals surface area contributed by atoms with Crippen molar-refractivity contribution in [3.05, 3.63) is 0 Å². The first-order valence-corrected chi connectivity index (χ1v) is 1.95. The molecular formula is HBO3Sn. The van der Waals surface area contributed by atoms with Gasteiger partial charge in [-0.3, -0.25) is 0 Å². The molecule has 0 aromatic rings. The fraction of sp³-hybridized carbons (Fsp3) is 0. The normalized spacial score (nSPS) is 4.00. The van der Waals surface area contributed by atoms with E-state index in [1.165, 1.54) is 0 Å². The van der Waals surface area contributed by atoms with Gasteiger partial charge < -0.3 is 10.0 Å². The van der Waals surface area contributed by atoms with E-state index in [-0.39, 0.29) is 0 Å². The van der Waals surface area contributed by atoms with Crippen molar-refractivity contribution in [3.63, 3.8) is 0 Å². The van der Waals surface area contributed by atoms with Crippen molar-refractivity contribution in [2.75, 3.05) is 0 Å². The summed E-state index contributed by atoms with van der Waals surface area (Å²) >= 11 is 0.300. The van der Waals surface area contributed by atoms with Gasteiger partial charge >= 0.3 is 25.6 Å². The molecule has 0 aliphatic carbocycles. The third-order valence-electron chi connectivity index (χ3n) is 0. The topological polar surface area (TPSA) is 63.2 Å². The summed E-state index contributed by atoms with van der Waals surface area (Å²) in [5.41, 5.74) is 0. The molecule has 0 amide bonds. The van der Waals surface area contributed by atoms with Crippen molar-refractivity contribution in [1.29, 1.82) is 0 Å². The van der Waals surface area contributed by atoms with Crippen molar-refractivity contribution in [2.24, 2.45) is 0 Å². The van der Waals surface area contributed by atoms with Crippen LogP contribution in [-0.2, 0) is 3.08 Å². The second kappa shape index (κ2) is 23.5. The van der Waals surface area contributed by atoms with Crippen molar-refractivity contribution >= 4 is 30.2 Å². The predicted octanol–water partition coefficient (Wildman–Crippen LogP) is -3.53. The standard InChI is InChI=1S/BHO2.O.Sn/c2-1-3;;/h1H;;/q-2;;+2. The van der Waals surface area contributed by atoms with Crippen molar-refractivity contribution in [2.45, 2.75) is 0 Å². The molecule has 0 saturated carbocycles. The molecule has 26 valence electrons. The van der Waals surface area contributed by atoms with E-state index in [2.05, 4.69) is 0 Å². The summed E-state index contributed by atoms with van der Waals surface area (Å²) in [5, 5.41) is 16.8. The molecule has 0 N–H and O–H groups in total. The zero-order valence-electron chi connectivity index (χ0n) is 2.43. The summed E-state index contributed by atoms with van der Waals surface area (Å²) in [7, 11) is -1.25. The molecule has 0 radical (unpaired) electrons. The van der Waals surface area contributed by atoms with Gasteiger partial charge in [0.2, 0.25) is 0 Å². The van der Waals surface area contributed by atoms with E-state index in [9.17, 15) is 0 Å². The maximum absolute atomic E-state index is 8.38. The van der Waals surface area contributed by atoms with Gasteiger partial charge in [-0.1, -0.05) is 0 Å². The van der Waals surface area contributed by atoms with Crippen molar-refractivity contribution in [1.82, 2.24) is 0 Å².